The second kappa shape index (κ2) is 5.80. The van der Waals surface area contributed by atoms with Crippen LogP contribution in [0, 0.1) is 5.82 Å². The van der Waals surface area contributed by atoms with E-state index in [-0.39, 0.29) is 23.2 Å². The summed E-state index contributed by atoms with van der Waals surface area (Å²) in [5.74, 6) is -0.412. The van der Waals surface area contributed by atoms with Crippen molar-refractivity contribution < 1.29 is 12.8 Å². The highest BCUT2D eigenvalue weighted by Gasteiger charge is 2.18. The number of rotatable bonds is 5. The van der Waals surface area contributed by atoms with Crippen molar-refractivity contribution in [3.05, 3.63) is 54.4 Å². The van der Waals surface area contributed by atoms with Crippen LogP contribution in [-0.4, -0.2) is 33.0 Å². The van der Waals surface area contributed by atoms with Gasteiger partial charge in [-0.15, -0.1) is 5.10 Å². The number of hydrogen-bond acceptors (Lipinski definition) is 5. The largest absolute Gasteiger partial charge is 0.274 e. The molecule has 0 aliphatic rings. The van der Waals surface area contributed by atoms with Gasteiger partial charge in [0.15, 0.2) is 0 Å². The zero-order chi connectivity index (χ0) is 16.4. The lowest BCUT2D eigenvalue weighted by Gasteiger charge is -2.02. The molecule has 3 aromatic rings. The Bertz CT molecular complexity index is 933. The Morgan fingerprint density at radius 3 is 2.87 bits per heavy atom. The van der Waals surface area contributed by atoms with Gasteiger partial charge in [0.1, 0.15) is 17.0 Å². The van der Waals surface area contributed by atoms with Crippen LogP contribution in [0.5, 0.6) is 0 Å². The molecule has 0 bridgehead atoms. The van der Waals surface area contributed by atoms with E-state index in [9.17, 15) is 12.8 Å². The summed E-state index contributed by atoms with van der Waals surface area (Å²) in [4.78, 5) is 3.91. The van der Waals surface area contributed by atoms with Gasteiger partial charge in [0.2, 0.25) is 0 Å². The first kappa shape index (κ1) is 15.2. The predicted octanol–water partition coefficient (Wildman–Crippen LogP) is 1.000. The van der Waals surface area contributed by atoms with Crippen LogP contribution >= 0.6 is 0 Å². The van der Waals surface area contributed by atoms with Crippen LogP contribution in [0.15, 0.2) is 47.9 Å². The van der Waals surface area contributed by atoms with Crippen molar-refractivity contribution in [2.75, 3.05) is 4.72 Å². The van der Waals surface area contributed by atoms with E-state index >= 15 is 0 Å². The molecule has 3 rings (SSSR count). The summed E-state index contributed by atoms with van der Waals surface area (Å²) in [7, 11) is -2.17. The molecule has 2 aromatic heterocycles. The second-order valence-corrected chi connectivity index (χ2v) is 6.53. The smallest absolute Gasteiger partial charge is 0.267 e. The summed E-state index contributed by atoms with van der Waals surface area (Å²) in [5, 5.41) is 7.83. The standard InChI is InChI=1S/C13H13FN6O2S/c1-19-8-12(6-16-19)23(21,22)18-13-15-9-20(17-13)7-10-3-2-4-11(14)5-10/h2-6,8-9H,7H2,1H3,(H,17,18). The molecule has 10 heteroatoms. The van der Waals surface area contributed by atoms with Crippen LogP contribution in [0.4, 0.5) is 10.3 Å². The average molecular weight is 336 g/mol. The SMILES string of the molecule is Cn1cc(S(=O)(=O)Nc2ncn(Cc3cccc(F)c3)n2)cn1. The maximum absolute atomic E-state index is 13.1. The van der Waals surface area contributed by atoms with Gasteiger partial charge >= 0.3 is 0 Å². The molecule has 0 spiro atoms. The van der Waals surface area contributed by atoms with E-state index in [1.807, 2.05) is 0 Å². The number of aromatic nitrogens is 5. The summed E-state index contributed by atoms with van der Waals surface area (Å²) in [5.41, 5.74) is 0.691. The number of nitrogens with zero attached hydrogens (tertiary/aromatic N) is 5. The first-order chi connectivity index (χ1) is 10.9. The van der Waals surface area contributed by atoms with Crippen LogP contribution in [-0.2, 0) is 23.6 Å². The molecule has 0 aliphatic heterocycles. The quantitative estimate of drug-likeness (QED) is 0.750. The van der Waals surface area contributed by atoms with Crippen molar-refractivity contribution in [3.8, 4) is 0 Å². The summed E-state index contributed by atoms with van der Waals surface area (Å²) >= 11 is 0. The van der Waals surface area contributed by atoms with Crippen LogP contribution in [0.1, 0.15) is 5.56 Å². The molecule has 0 saturated carbocycles. The number of benzene rings is 1. The molecular formula is C13H13FN6O2S. The highest BCUT2D eigenvalue weighted by Crippen LogP contribution is 2.12. The minimum absolute atomic E-state index is 0.0153. The molecule has 0 unspecified atom stereocenters. The Balaban J connectivity index is 1.74. The minimum atomic E-state index is -3.79. The van der Waals surface area contributed by atoms with Gasteiger partial charge in [-0.3, -0.25) is 4.68 Å². The third-order valence-corrected chi connectivity index (χ3v) is 4.27. The van der Waals surface area contributed by atoms with E-state index in [1.165, 1.54) is 40.2 Å². The van der Waals surface area contributed by atoms with Crippen molar-refractivity contribution in [2.24, 2.45) is 7.05 Å². The van der Waals surface area contributed by atoms with Crippen molar-refractivity contribution in [2.45, 2.75) is 11.4 Å². The van der Waals surface area contributed by atoms with Crippen molar-refractivity contribution in [1.29, 1.82) is 0 Å². The van der Waals surface area contributed by atoms with E-state index in [2.05, 4.69) is 19.9 Å². The summed E-state index contributed by atoms with van der Waals surface area (Å²) in [6.07, 6.45) is 3.96. The zero-order valence-corrected chi connectivity index (χ0v) is 12.9. The van der Waals surface area contributed by atoms with E-state index in [1.54, 1.807) is 19.2 Å². The fourth-order valence-electron chi connectivity index (χ4n) is 1.96. The van der Waals surface area contributed by atoms with Gasteiger partial charge in [0.25, 0.3) is 16.0 Å². The highest BCUT2D eigenvalue weighted by molar-refractivity contribution is 7.92. The van der Waals surface area contributed by atoms with Gasteiger partial charge in [-0.1, -0.05) is 12.1 Å². The summed E-state index contributed by atoms with van der Waals surface area (Å²) < 4.78 is 42.4. The number of nitrogens with one attached hydrogen (secondary N) is 1. The second-order valence-electron chi connectivity index (χ2n) is 4.85. The normalized spacial score (nSPS) is 11.6. The summed E-state index contributed by atoms with van der Waals surface area (Å²) in [6.45, 7) is 0.277. The monoisotopic (exact) mass is 336 g/mol. The van der Waals surface area contributed by atoms with Crippen molar-refractivity contribution in [3.63, 3.8) is 0 Å². The van der Waals surface area contributed by atoms with E-state index in [4.69, 9.17) is 0 Å². The highest BCUT2D eigenvalue weighted by atomic mass is 32.2. The Morgan fingerprint density at radius 1 is 1.35 bits per heavy atom. The number of sulfonamides is 1. The third kappa shape index (κ3) is 3.54. The first-order valence-corrected chi connectivity index (χ1v) is 8.06. The van der Waals surface area contributed by atoms with Gasteiger partial charge < -0.3 is 0 Å². The lowest BCUT2D eigenvalue weighted by atomic mass is 10.2. The molecule has 0 fully saturated rings. The predicted molar refractivity (Wildman–Crippen MR) is 79.5 cm³/mol. The molecule has 0 atom stereocenters. The molecule has 23 heavy (non-hydrogen) atoms. The van der Waals surface area contributed by atoms with Crippen molar-refractivity contribution >= 4 is 16.0 Å². The van der Waals surface area contributed by atoms with Gasteiger partial charge in [-0.2, -0.15) is 10.1 Å². The maximum atomic E-state index is 13.1. The van der Waals surface area contributed by atoms with E-state index < -0.39 is 10.0 Å². The third-order valence-electron chi connectivity index (χ3n) is 2.99. The van der Waals surface area contributed by atoms with Gasteiger partial charge in [0.05, 0.1) is 12.7 Å². The van der Waals surface area contributed by atoms with E-state index in [0.29, 0.717) is 5.56 Å². The zero-order valence-electron chi connectivity index (χ0n) is 12.1. The molecule has 2 heterocycles. The Labute approximate surface area is 131 Å². The molecule has 0 amide bonds. The van der Waals surface area contributed by atoms with E-state index in [0.717, 1.165) is 0 Å². The van der Waals surface area contributed by atoms with Crippen LogP contribution in [0.25, 0.3) is 0 Å². The molecule has 8 nitrogen and oxygen atoms in total. The Morgan fingerprint density at radius 2 is 2.17 bits per heavy atom. The molecular weight excluding hydrogens is 323 g/mol. The maximum Gasteiger partial charge on any atom is 0.267 e. The Hall–Kier alpha value is -2.75. The average Bonchev–Trinajstić information content (AvgIpc) is 3.08. The molecule has 0 saturated heterocycles. The van der Waals surface area contributed by atoms with Crippen molar-refractivity contribution in [1.82, 2.24) is 24.5 Å². The Kier molecular flexibility index (Phi) is 3.82. The topological polar surface area (TPSA) is 94.7 Å². The first-order valence-electron chi connectivity index (χ1n) is 6.58. The van der Waals surface area contributed by atoms with Crippen LogP contribution < -0.4 is 4.72 Å². The number of halogens is 1. The number of aryl methyl sites for hydroxylation is 1. The fraction of sp³-hybridized carbons (Fsp3) is 0.154. The minimum Gasteiger partial charge on any atom is -0.274 e. The lowest BCUT2D eigenvalue weighted by Crippen LogP contribution is -2.14. The summed E-state index contributed by atoms with van der Waals surface area (Å²) in [6, 6.07) is 6.05. The van der Waals surface area contributed by atoms with Gasteiger partial charge in [-0.25, -0.2) is 22.2 Å². The van der Waals surface area contributed by atoms with Gasteiger partial charge in [-0.05, 0) is 17.7 Å². The lowest BCUT2D eigenvalue weighted by molar-refractivity contribution is 0.600. The molecule has 1 aromatic carbocycles. The number of hydrogen-bond donors (Lipinski definition) is 1. The molecule has 1 N–H and O–H groups in total. The molecule has 0 aliphatic carbocycles. The van der Waals surface area contributed by atoms with Gasteiger partial charge in [0, 0.05) is 13.2 Å². The fourth-order valence-corrected chi connectivity index (χ4v) is 2.89. The molecule has 0 radical (unpaired) electrons. The molecule has 120 valence electrons. The number of anilines is 1. The van der Waals surface area contributed by atoms with Crippen LogP contribution in [0.3, 0.4) is 0 Å². The van der Waals surface area contributed by atoms with Crippen LogP contribution in [0.2, 0.25) is 0 Å².